The zero-order chi connectivity index (χ0) is 19.0. The number of anilines is 2. The van der Waals surface area contributed by atoms with Gasteiger partial charge in [0.25, 0.3) is 0 Å². The zero-order valence-corrected chi connectivity index (χ0v) is 15.7. The van der Waals surface area contributed by atoms with Crippen molar-refractivity contribution in [3.63, 3.8) is 0 Å². The summed E-state index contributed by atoms with van der Waals surface area (Å²) in [5, 5.41) is 18.0. The standard InChI is InChI=1S/C19H28N4O2/c1-6-8-17(24)22-16-10-7-9-15(14(16)4)21-11-18(25)23-19(5,12-20)13(2)3/h7,9-10,13,21H,6,8,11H2,1-5H3,(H,22,24)(H,23,25). The second-order valence-corrected chi connectivity index (χ2v) is 6.65. The molecule has 0 spiro atoms. The fraction of sp³-hybridized carbons (Fsp3) is 0.526. The normalized spacial score (nSPS) is 12.8. The Balaban J connectivity index is 2.73. The number of nitriles is 1. The smallest absolute Gasteiger partial charge is 0.240 e. The average Bonchev–Trinajstić information content (AvgIpc) is 2.55. The molecule has 0 aliphatic heterocycles. The van der Waals surface area contributed by atoms with Crippen molar-refractivity contribution in [3.05, 3.63) is 23.8 Å². The summed E-state index contributed by atoms with van der Waals surface area (Å²) in [4.78, 5) is 23.9. The number of amides is 2. The van der Waals surface area contributed by atoms with E-state index in [2.05, 4.69) is 22.0 Å². The molecule has 136 valence electrons. The van der Waals surface area contributed by atoms with Crippen LogP contribution in [-0.2, 0) is 9.59 Å². The van der Waals surface area contributed by atoms with Crippen molar-refractivity contribution in [2.75, 3.05) is 17.2 Å². The van der Waals surface area contributed by atoms with Gasteiger partial charge in [-0.05, 0) is 43.9 Å². The molecule has 1 aromatic carbocycles. The molecule has 3 N–H and O–H groups in total. The number of hydrogen-bond acceptors (Lipinski definition) is 4. The van der Waals surface area contributed by atoms with E-state index >= 15 is 0 Å². The fourth-order valence-electron chi connectivity index (χ4n) is 2.21. The van der Waals surface area contributed by atoms with Crippen molar-refractivity contribution in [3.8, 4) is 6.07 Å². The van der Waals surface area contributed by atoms with Gasteiger partial charge >= 0.3 is 0 Å². The van der Waals surface area contributed by atoms with Crippen molar-refractivity contribution in [1.29, 1.82) is 5.26 Å². The molecule has 0 saturated heterocycles. The first-order valence-electron chi connectivity index (χ1n) is 8.59. The summed E-state index contributed by atoms with van der Waals surface area (Å²) >= 11 is 0. The zero-order valence-electron chi connectivity index (χ0n) is 15.7. The van der Waals surface area contributed by atoms with Gasteiger partial charge in [-0.1, -0.05) is 26.8 Å². The van der Waals surface area contributed by atoms with Gasteiger partial charge in [-0.25, -0.2) is 0 Å². The van der Waals surface area contributed by atoms with E-state index in [9.17, 15) is 14.9 Å². The Labute approximate surface area is 150 Å². The fourth-order valence-corrected chi connectivity index (χ4v) is 2.21. The molecule has 1 aromatic rings. The number of nitrogens with one attached hydrogen (secondary N) is 3. The van der Waals surface area contributed by atoms with Crippen molar-refractivity contribution in [2.45, 2.75) is 53.0 Å². The number of benzene rings is 1. The Bertz CT molecular complexity index is 664. The lowest BCUT2D eigenvalue weighted by Crippen LogP contribution is -2.50. The van der Waals surface area contributed by atoms with Crippen molar-refractivity contribution in [2.24, 2.45) is 5.92 Å². The van der Waals surface area contributed by atoms with Gasteiger partial charge in [0.15, 0.2) is 0 Å². The van der Waals surface area contributed by atoms with Gasteiger partial charge in [0.2, 0.25) is 11.8 Å². The largest absolute Gasteiger partial charge is 0.376 e. The molecule has 6 nitrogen and oxygen atoms in total. The molecular weight excluding hydrogens is 316 g/mol. The number of nitrogens with zero attached hydrogens (tertiary/aromatic N) is 1. The first-order chi connectivity index (χ1) is 11.7. The van der Waals surface area contributed by atoms with Gasteiger partial charge in [0.1, 0.15) is 5.54 Å². The maximum Gasteiger partial charge on any atom is 0.240 e. The Kier molecular flexibility index (Phi) is 7.43. The molecule has 2 amide bonds. The topological polar surface area (TPSA) is 94.0 Å². The van der Waals surface area contributed by atoms with E-state index in [1.807, 2.05) is 45.9 Å². The van der Waals surface area contributed by atoms with Crippen LogP contribution in [0.5, 0.6) is 0 Å². The molecule has 0 aliphatic carbocycles. The Morgan fingerprint density at radius 1 is 1.24 bits per heavy atom. The summed E-state index contributed by atoms with van der Waals surface area (Å²) in [6.45, 7) is 9.39. The van der Waals surface area contributed by atoms with Gasteiger partial charge < -0.3 is 16.0 Å². The Morgan fingerprint density at radius 2 is 1.88 bits per heavy atom. The molecule has 1 atom stereocenters. The van der Waals surface area contributed by atoms with Crippen LogP contribution >= 0.6 is 0 Å². The summed E-state index contributed by atoms with van der Waals surface area (Å²) in [6, 6.07) is 7.66. The van der Waals surface area contributed by atoms with Gasteiger partial charge in [-0.2, -0.15) is 5.26 Å². The third-order valence-corrected chi connectivity index (χ3v) is 4.31. The maximum absolute atomic E-state index is 12.2. The molecule has 0 saturated carbocycles. The second kappa shape index (κ2) is 9.07. The molecule has 0 aliphatic rings. The lowest BCUT2D eigenvalue weighted by molar-refractivity contribution is -0.121. The third kappa shape index (κ3) is 5.79. The van der Waals surface area contributed by atoms with Gasteiger partial charge in [-0.3, -0.25) is 9.59 Å². The second-order valence-electron chi connectivity index (χ2n) is 6.65. The Morgan fingerprint density at radius 3 is 2.44 bits per heavy atom. The number of carbonyl (C=O) groups is 2. The average molecular weight is 344 g/mol. The minimum atomic E-state index is -0.899. The predicted molar refractivity (Wildman–Crippen MR) is 100 cm³/mol. The summed E-state index contributed by atoms with van der Waals surface area (Å²) in [5.74, 6) is -0.278. The van der Waals surface area contributed by atoms with Crippen LogP contribution in [0.1, 0.15) is 46.1 Å². The van der Waals surface area contributed by atoms with Crippen molar-refractivity contribution < 1.29 is 9.59 Å². The molecule has 25 heavy (non-hydrogen) atoms. The van der Waals surface area contributed by atoms with E-state index in [0.29, 0.717) is 6.42 Å². The minimum Gasteiger partial charge on any atom is -0.376 e. The van der Waals surface area contributed by atoms with Crippen LogP contribution in [-0.4, -0.2) is 23.9 Å². The molecule has 1 rings (SSSR count). The quantitative estimate of drug-likeness (QED) is 0.675. The molecule has 0 heterocycles. The van der Waals surface area contributed by atoms with Crippen LogP contribution in [0.2, 0.25) is 0 Å². The molecular formula is C19H28N4O2. The molecule has 1 unspecified atom stereocenters. The Hall–Kier alpha value is -2.55. The first kappa shape index (κ1) is 20.5. The van der Waals surface area contributed by atoms with Gasteiger partial charge in [0.05, 0.1) is 12.6 Å². The SMILES string of the molecule is CCCC(=O)Nc1cccc(NCC(=O)NC(C)(C#N)C(C)C)c1C. The van der Waals surface area contributed by atoms with Crippen LogP contribution in [0.15, 0.2) is 18.2 Å². The van der Waals surface area contributed by atoms with Crippen LogP contribution < -0.4 is 16.0 Å². The van der Waals surface area contributed by atoms with E-state index < -0.39 is 5.54 Å². The number of carbonyl (C=O) groups excluding carboxylic acids is 2. The first-order valence-corrected chi connectivity index (χ1v) is 8.59. The molecule has 0 radical (unpaired) electrons. The third-order valence-electron chi connectivity index (χ3n) is 4.31. The van der Waals surface area contributed by atoms with Crippen molar-refractivity contribution >= 4 is 23.2 Å². The van der Waals surface area contributed by atoms with Crippen LogP contribution in [0.4, 0.5) is 11.4 Å². The highest BCUT2D eigenvalue weighted by molar-refractivity contribution is 5.92. The van der Waals surface area contributed by atoms with E-state index in [0.717, 1.165) is 23.4 Å². The van der Waals surface area contributed by atoms with Crippen LogP contribution in [0, 0.1) is 24.2 Å². The minimum absolute atomic E-state index is 0.000270. The van der Waals surface area contributed by atoms with E-state index in [1.54, 1.807) is 6.92 Å². The molecule has 0 fully saturated rings. The van der Waals surface area contributed by atoms with Gasteiger partial charge in [0, 0.05) is 17.8 Å². The van der Waals surface area contributed by atoms with Gasteiger partial charge in [-0.15, -0.1) is 0 Å². The number of hydrogen-bond donors (Lipinski definition) is 3. The summed E-state index contributed by atoms with van der Waals surface area (Å²) in [5.41, 5.74) is 1.47. The van der Waals surface area contributed by atoms with E-state index in [1.165, 1.54) is 0 Å². The summed E-state index contributed by atoms with van der Waals surface area (Å²) in [6.07, 6.45) is 1.26. The highest BCUT2D eigenvalue weighted by Gasteiger charge is 2.29. The van der Waals surface area contributed by atoms with E-state index in [-0.39, 0.29) is 24.3 Å². The summed E-state index contributed by atoms with van der Waals surface area (Å²) < 4.78 is 0. The van der Waals surface area contributed by atoms with Crippen molar-refractivity contribution in [1.82, 2.24) is 5.32 Å². The molecule has 6 heteroatoms. The molecule has 0 aromatic heterocycles. The number of rotatable bonds is 8. The monoisotopic (exact) mass is 344 g/mol. The van der Waals surface area contributed by atoms with E-state index in [4.69, 9.17) is 0 Å². The summed E-state index contributed by atoms with van der Waals surface area (Å²) in [7, 11) is 0. The predicted octanol–water partition coefficient (Wildman–Crippen LogP) is 3.20. The highest BCUT2D eigenvalue weighted by atomic mass is 16.2. The maximum atomic E-state index is 12.2. The highest BCUT2D eigenvalue weighted by Crippen LogP contribution is 2.23. The lowest BCUT2D eigenvalue weighted by atomic mass is 9.90. The lowest BCUT2D eigenvalue weighted by Gasteiger charge is -2.27. The molecule has 0 bridgehead atoms. The van der Waals surface area contributed by atoms with Crippen LogP contribution in [0.3, 0.4) is 0 Å². The van der Waals surface area contributed by atoms with Crippen LogP contribution in [0.25, 0.3) is 0 Å².